The number of benzene rings is 1. The molecule has 3 heterocycles. The average molecular weight is 376 g/mol. The van der Waals surface area contributed by atoms with Gasteiger partial charge in [0.1, 0.15) is 5.75 Å². The van der Waals surface area contributed by atoms with Gasteiger partial charge in [-0.1, -0.05) is 0 Å². The van der Waals surface area contributed by atoms with E-state index < -0.39 is 5.60 Å². The van der Waals surface area contributed by atoms with Crippen LogP contribution in [0.15, 0.2) is 24.3 Å². The van der Waals surface area contributed by atoms with Gasteiger partial charge >= 0.3 is 6.03 Å². The molecule has 2 N–H and O–H groups in total. The van der Waals surface area contributed by atoms with Crippen LogP contribution in [0.25, 0.3) is 0 Å². The Hall–Kier alpha value is -1.83. The van der Waals surface area contributed by atoms with E-state index in [9.17, 15) is 9.90 Å². The number of nitrogens with zero attached hydrogens (tertiary/aromatic N) is 1. The van der Waals surface area contributed by atoms with Gasteiger partial charge in [-0.2, -0.15) is 0 Å². The highest BCUT2D eigenvalue weighted by molar-refractivity contribution is 5.89. The minimum Gasteiger partial charge on any atom is -0.494 e. The second kappa shape index (κ2) is 7.66. The van der Waals surface area contributed by atoms with Gasteiger partial charge in [0.2, 0.25) is 0 Å². The summed E-state index contributed by atoms with van der Waals surface area (Å²) in [4.78, 5) is 14.9. The van der Waals surface area contributed by atoms with Crippen LogP contribution in [0.3, 0.4) is 0 Å². The molecule has 4 atom stereocenters. The third-order valence-corrected chi connectivity index (χ3v) is 6.13. The number of likely N-dealkylation sites (tertiary alicyclic amines) is 1. The fraction of sp³-hybridized carbons (Fsp3) is 0.650. The van der Waals surface area contributed by atoms with Gasteiger partial charge < -0.3 is 29.5 Å². The summed E-state index contributed by atoms with van der Waals surface area (Å²) in [6.45, 7) is 5.20. The summed E-state index contributed by atoms with van der Waals surface area (Å²) in [5, 5.41) is 14.3. The molecular formula is C20H28N2O5. The lowest BCUT2D eigenvalue weighted by atomic mass is 9.66. The predicted molar refractivity (Wildman–Crippen MR) is 99.9 cm³/mol. The highest BCUT2D eigenvalue weighted by atomic mass is 16.5. The van der Waals surface area contributed by atoms with Crippen molar-refractivity contribution in [3.05, 3.63) is 24.3 Å². The molecule has 1 aromatic rings. The Bertz CT molecular complexity index is 667. The number of rotatable bonds is 3. The van der Waals surface area contributed by atoms with E-state index in [4.69, 9.17) is 14.2 Å². The third kappa shape index (κ3) is 3.51. The maximum atomic E-state index is 13.0. The molecule has 0 aliphatic carbocycles. The number of urea groups is 1. The molecule has 0 aromatic heterocycles. The van der Waals surface area contributed by atoms with Crippen molar-refractivity contribution in [2.45, 2.75) is 31.4 Å². The van der Waals surface area contributed by atoms with E-state index in [1.807, 2.05) is 36.1 Å². The van der Waals surface area contributed by atoms with E-state index in [1.54, 1.807) is 0 Å². The molecule has 3 aliphatic rings. The summed E-state index contributed by atoms with van der Waals surface area (Å²) >= 11 is 0. The molecule has 0 radical (unpaired) electrons. The second-order valence-corrected chi connectivity index (χ2v) is 7.59. The van der Waals surface area contributed by atoms with Crippen LogP contribution < -0.4 is 10.1 Å². The minimum absolute atomic E-state index is 0.0132. The van der Waals surface area contributed by atoms with Gasteiger partial charge in [-0.05, 0) is 37.6 Å². The largest absolute Gasteiger partial charge is 0.494 e. The molecule has 1 aromatic carbocycles. The van der Waals surface area contributed by atoms with Crippen LogP contribution in [0.5, 0.6) is 5.75 Å². The first-order chi connectivity index (χ1) is 13.1. The van der Waals surface area contributed by atoms with Gasteiger partial charge in [-0.25, -0.2) is 4.79 Å². The molecule has 3 saturated heterocycles. The fourth-order valence-corrected chi connectivity index (χ4v) is 4.69. The SMILES string of the molecule is CCOc1ccc(NC(=O)N2C[C@H]3COCC[C@@]3(O)[C@@H]3COCC[C@@H]32)cc1. The van der Waals surface area contributed by atoms with Crippen LogP contribution in [-0.2, 0) is 9.47 Å². The van der Waals surface area contributed by atoms with Crippen molar-refractivity contribution in [3.8, 4) is 5.75 Å². The van der Waals surface area contributed by atoms with Crippen molar-refractivity contribution in [2.75, 3.05) is 44.9 Å². The third-order valence-electron chi connectivity index (χ3n) is 6.13. The molecule has 2 amide bonds. The van der Waals surface area contributed by atoms with Gasteiger partial charge in [-0.15, -0.1) is 0 Å². The minimum atomic E-state index is -0.806. The topological polar surface area (TPSA) is 80.3 Å². The van der Waals surface area contributed by atoms with Crippen molar-refractivity contribution in [1.29, 1.82) is 0 Å². The first-order valence-electron chi connectivity index (χ1n) is 9.80. The Morgan fingerprint density at radius 2 is 2.07 bits per heavy atom. The molecule has 3 aliphatic heterocycles. The number of anilines is 1. The zero-order chi connectivity index (χ0) is 18.9. The van der Waals surface area contributed by atoms with E-state index in [0.717, 1.165) is 17.9 Å². The van der Waals surface area contributed by atoms with Crippen LogP contribution in [0, 0.1) is 11.8 Å². The van der Waals surface area contributed by atoms with E-state index in [2.05, 4.69) is 5.32 Å². The summed E-state index contributed by atoms with van der Waals surface area (Å²) < 4.78 is 16.7. The van der Waals surface area contributed by atoms with Crippen molar-refractivity contribution in [2.24, 2.45) is 11.8 Å². The van der Waals surface area contributed by atoms with Crippen LogP contribution >= 0.6 is 0 Å². The summed E-state index contributed by atoms with van der Waals surface area (Å²) in [7, 11) is 0. The van der Waals surface area contributed by atoms with Crippen LogP contribution in [-0.4, -0.2) is 67.3 Å². The van der Waals surface area contributed by atoms with Gasteiger partial charge in [0.15, 0.2) is 0 Å². The molecule has 0 saturated carbocycles. The Kier molecular flexibility index (Phi) is 5.25. The molecule has 7 heteroatoms. The summed E-state index contributed by atoms with van der Waals surface area (Å²) in [6, 6.07) is 7.23. The lowest BCUT2D eigenvalue weighted by Gasteiger charge is -2.56. The molecule has 27 heavy (non-hydrogen) atoms. The number of hydrogen-bond donors (Lipinski definition) is 2. The molecule has 148 valence electrons. The number of carbonyl (C=O) groups excluding carboxylic acids is 1. The highest BCUT2D eigenvalue weighted by Crippen LogP contribution is 2.44. The van der Waals surface area contributed by atoms with Crippen molar-refractivity contribution >= 4 is 11.7 Å². The number of piperidine rings is 1. The standard InChI is InChI=1S/C20H28N2O5/c1-2-27-16-5-3-15(4-6-16)21-19(23)22-11-14-12-26-10-8-20(14,24)17-13-25-9-7-18(17)22/h3-6,14,17-18,24H,2,7-13H2,1H3,(H,21,23)/t14-,17+,18-,20-/m0/s1. The van der Waals surface area contributed by atoms with Gasteiger partial charge in [-0.3, -0.25) is 0 Å². The molecule has 3 fully saturated rings. The Morgan fingerprint density at radius 3 is 2.85 bits per heavy atom. The Morgan fingerprint density at radius 1 is 1.30 bits per heavy atom. The first kappa shape index (κ1) is 18.5. The number of aliphatic hydroxyl groups is 1. The zero-order valence-electron chi connectivity index (χ0n) is 15.7. The lowest BCUT2D eigenvalue weighted by Crippen LogP contribution is -2.69. The maximum Gasteiger partial charge on any atom is 0.322 e. The van der Waals surface area contributed by atoms with Crippen LogP contribution in [0.2, 0.25) is 0 Å². The van der Waals surface area contributed by atoms with Crippen molar-refractivity contribution in [1.82, 2.24) is 4.90 Å². The molecule has 0 bridgehead atoms. The maximum absolute atomic E-state index is 13.0. The summed E-state index contributed by atoms with van der Waals surface area (Å²) in [6.07, 6.45) is 1.35. The zero-order valence-corrected chi connectivity index (χ0v) is 15.7. The van der Waals surface area contributed by atoms with Crippen LogP contribution in [0.1, 0.15) is 19.8 Å². The lowest BCUT2D eigenvalue weighted by molar-refractivity contribution is -0.211. The first-order valence-corrected chi connectivity index (χ1v) is 9.80. The summed E-state index contributed by atoms with van der Waals surface area (Å²) in [5.41, 5.74) is -0.0769. The van der Waals surface area contributed by atoms with E-state index >= 15 is 0 Å². The quantitative estimate of drug-likeness (QED) is 0.845. The number of carbonyl (C=O) groups is 1. The number of amides is 2. The molecule has 7 nitrogen and oxygen atoms in total. The molecule has 0 unspecified atom stereocenters. The van der Waals surface area contributed by atoms with Crippen molar-refractivity contribution < 1.29 is 24.1 Å². The van der Waals surface area contributed by atoms with Gasteiger partial charge in [0.05, 0.1) is 25.4 Å². The van der Waals surface area contributed by atoms with E-state index in [-0.39, 0.29) is 23.9 Å². The predicted octanol–water partition coefficient (Wildman–Crippen LogP) is 2.11. The highest BCUT2D eigenvalue weighted by Gasteiger charge is 2.56. The summed E-state index contributed by atoms with van der Waals surface area (Å²) in [5.74, 6) is 0.627. The number of nitrogens with one attached hydrogen (secondary N) is 1. The molecule has 0 spiro atoms. The number of fused-ring (bicyclic) bond motifs is 3. The van der Waals surface area contributed by atoms with Crippen LogP contribution in [0.4, 0.5) is 10.5 Å². The van der Waals surface area contributed by atoms with Gasteiger partial charge in [0.25, 0.3) is 0 Å². The van der Waals surface area contributed by atoms with Crippen molar-refractivity contribution in [3.63, 3.8) is 0 Å². The number of hydrogen-bond acceptors (Lipinski definition) is 5. The average Bonchev–Trinajstić information content (AvgIpc) is 2.69. The van der Waals surface area contributed by atoms with Gasteiger partial charge in [0, 0.05) is 49.7 Å². The smallest absolute Gasteiger partial charge is 0.322 e. The second-order valence-electron chi connectivity index (χ2n) is 7.59. The number of ether oxygens (including phenoxy) is 3. The monoisotopic (exact) mass is 376 g/mol. The van der Waals surface area contributed by atoms with E-state index in [0.29, 0.717) is 46.0 Å². The normalized spacial score (nSPS) is 33.0. The molecular weight excluding hydrogens is 348 g/mol. The Labute approximate surface area is 159 Å². The Balaban J connectivity index is 1.50. The van der Waals surface area contributed by atoms with E-state index in [1.165, 1.54) is 0 Å². The fourth-order valence-electron chi connectivity index (χ4n) is 4.69. The molecule has 4 rings (SSSR count).